The van der Waals surface area contributed by atoms with Gasteiger partial charge in [-0.1, -0.05) is 0 Å². The van der Waals surface area contributed by atoms with Crippen LogP contribution in [0.25, 0.3) is 10.9 Å². The van der Waals surface area contributed by atoms with Gasteiger partial charge in [-0.05, 0) is 62.2 Å². The van der Waals surface area contributed by atoms with Gasteiger partial charge in [0.25, 0.3) is 5.91 Å². The number of benzene rings is 2. The first-order valence-electron chi connectivity index (χ1n) is 8.82. The minimum atomic E-state index is -3.53. The van der Waals surface area contributed by atoms with Crippen LogP contribution in [0.5, 0.6) is 0 Å². The molecule has 0 unspecified atom stereocenters. The van der Waals surface area contributed by atoms with Gasteiger partial charge in [0.05, 0.1) is 21.7 Å². The number of amides is 1. The molecule has 1 aliphatic carbocycles. The molecule has 4 rings (SSSR count). The van der Waals surface area contributed by atoms with Gasteiger partial charge in [-0.2, -0.15) is 0 Å². The number of pyridine rings is 1. The predicted molar refractivity (Wildman–Crippen MR) is 104 cm³/mol. The normalized spacial score (nSPS) is 14.2. The number of anilines is 1. The molecule has 1 saturated carbocycles. The fourth-order valence-corrected chi connectivity index (χ4v) is 4.18. The molecule has 1 heterocycles. The maximum absolute atomic E-state index is 13.3. The van der Waals surface area contributed by atoms with E-state index in [4.69, 9.17) is 0 Å². The average molecular weight is 399 g/mol. The summed E-state index contributed by atoms with van der Waals surface area (Å²) in [5.74, 6) is -0.759. The smallest absolute Gasteiger partial charge is 0.257 e. The van der Waals surface area contributed by atoms with Crippen LogP contribution in [0, 0.1) is 12.7 Å². The number of aryl methyl sites for hydroxylation is 1. The molecule has 0 bridgehead atoms. The number of carbonyl (C=O) groups is 1. The molecule has 1 amide bonds. The molecule has 2 aromatic carbocycles. The van der Waals surface area contributed by atoms with Crippen LogP contribution in [0.2, 0.25) is 0 Å². The lowest BCUT2D eigenvalue weighted by Crippen LogP contribution is -2.25. The summed E-state index contributed by atoms with van der Waals surface area (Å²) in [6.07, 6.45) is 1.72. The van der Waals surface area contributed by atoms with Crippen LogP contribution in [-0.2, 0) is 10.0 Å². The van der Waals surface area contributed by atoms with E-state index in [1.165, 1.54) is 24.3 Å². The van der Waals surface area contributed by atoms with Gasteiger partial charge in [-0.3, -0.25) is 9.78 Å². The SMILES string of the molecule is Cc1nc2cc(F)ccc2cc1C(=O)Nc1ccc(S(=O)(=O)NC2CC2)cc1. The van der Waals surface area contributed by atoms with Crippen molar-refractivity contribution >= 4 is 32.5 Å². The van der Waals surface area contributed by atoms with Crippen molar-refractivity contribution < 1.29 is 17.6 Å². The van der Waals surface area contributed by atoms with E-state index >= 15 is 0 Å². The van der Waals surface area contributed by atoms with Crippen LogP contribution in [0.15, 0.2) is 53.4 Å². The number of nitrogens with zero attached hydrogens (tertiary/aromatic N) is 1. The highest BCUT2D eigenvalue weighted by Crippen LogP contribution is 2.23. The molecule has 0 atom stereocenters. The minimum Gasteiger partial charge on any atom is -0.322 e. The Morgan fingerprint density at radius 3 is 2.50 bits per heavy atom. The van der Waals surface area contributed by atoms with E-state index in [0.29, 0.717) is 27.8 Å². The Bertz CT molecular complexity index is 1170. The summed E-state index contributed by atoms with van der Waals surface area (Å²) in [5.41, 5.74) is 1.79. The topological polar surface area (TPSA) is 88.2 Å². The molecule has 3 aromatic rings. The summed E-state index contributed by atoms with van der Waals surface area (Å²) >= 11 is 0. The molecule has 8 heteroatoms. The maximum atomic E-state index is 13.3. The molecule has 28 heavy (non-hydrogen) atoms. The monoisotopic (exact) mass is 399 g/mol. The summed E-state index contributed by atoms with van der Waals surface area (Å²) in [5, 5.41) is 3.40. The van der Waals surface area contributed by atoms with E-state index in [2.05, 4.69) is 15.0 Å². The number of hydrogen-bond donors (Lipinski definition) is 2. The van der Waals surface area contributed by atoms with Gasteiger partial charge in [0.1, 0.15) is 5.82 Å². The van der Waals surface area contributed by atoms with E-state index in [1.54, 1.807) is 31.2 Å². The first-order valence-corrected chi connectivity index (χ1v) is 10.3. The van der Waals surface area contributed by atoms with Gasteiger partial charge < -0.3 is 5.32 Å². The second-order valence-electron chi connectivity index (χ2n) is 6.83. The van der Waals surface area contributed by atoms with Crippen molar-refractivity contribution in [2.75, 3.05) is 5.32 Å². The number of carbonyl (C=O) groups excluding carboxylic acids is 1. The van der Waals surface area contributed by atoms with E-state index < -0.39 is 10.0 Å². The largest absolute Gasteiger partial charge is 0.322 e. The number of fused-ring (bicyclic) bond motifs is 1. The van der Waals surface area contributed by atoms with Crippen LogP contribution < -0.4 is 10.0 Å². The van der Waals surface area contributed by atoms with Gasteiger partial charge in [0.2, 0.25) is 10.0 Å². The van der Waals surface area contributed by atoms with Gasteiger partial charge >= 0.3 is 0 Å². The predicted octanol–water partition coefficient (Wildman–Crippen LogP) is 3.38. The number of sulfonamides is 1. The molecule has 0 aliphatic heterocycles. The first-order chi connectivity index (χ1) is 13.3. The molecular weight excluding hydrogens is 381 g/mol. The molecule has 1 aromatic heterocycles. The summed E-state index contributed by atoms with van der Waals surface area (Å²) in [7, 11) is -3.53. The van der Waals surface area contributed by atoms with Gasteiger partial charge in [-0.25, -0.2) is 17.5 Å². The zero-order valence-corrected chi connectivity index (χ0v) is 15.9. The summed E-state index contributed by atoms with van der Waals surface area (Å²) in [4.78, 5) is 17.1. The molecule has 1 aliphatic rings. The lowest BCUT2D eigenvalue weighted by molar-refractivity contribution is 0.102. The Hall–Kier alpha value is -2.84. The van der Waals surface area contributed by atoms with Crippen LogP contribution >= 0.6 is 0 Å². The lowest BCUT2D eigenvalue weighted by atomic mass is 10.1. The van der Waals surface area contributed by atoms with Crippen LogP contribution in [-0.4, -0.2) is 25.4 Å². The Morgan fingerprint density at radius 1 is 1.11 bits per heavy atom. The van der Waals surface area contributed by atoms with Crippen molar-refractivity contribution in [1.29, 1.82) is 0 Å². The first kappa shape index (κ1) is 18.5. The highest BCUT2D eigenvalue weighted by atomic mass is 32.2. The fourth-order valence-electron chi connectivity index (χ4n) is 2.87. The van der Waals surface area contributed by atoms with Crippen LogP contribution in [0.1, 0.15) is 28.9 Å². The Balaban J connectivity index is 1.54. The molecule has 0 radical (unpaired) electrons. The van der Waals surface area contributed by atoms with Crippen molar-refractivity contribution in [3.8, 4) is 0 Å². The number of nitrogens with one attached hydrogen (secondary N) is 2. The standard InChI is InChI=1S/C20H18FN3O3S/c1-12-18(10-13-2-3-14(21)11-19(13)22-12)20(25)23-15-6-8-17(9-7-15)28(26,27)24-16-4-5-16/h2-3,6-11,16,24H,4-5H2,1H3,(H,23,25). The zero-order valence-electron chi connectivity index (χ0n) is 15.1. The van der Waals surface area contributed by atoms with Crippen LogP contribution in [0.3, 0.4) is 0 Å². The quantitative estimate of drug-likeness (QED) is 0.689. The molecule has 6 nitrogen and oxygen atoms in total. The van der Waals surface area contributed by atoms with Crippen molar-refractivity contribution in [2.24, 2.45) is 0 Å². The second-order valence-corrected chi connectivity index (χ2v) is 8.55. The highest BCUT2D eigenvalue weighted by Gasteiger charge is 2.27. The minimum absolute atomic E-state index is 0.0289. The van der Waals surface area contributed by atoms with Gasteiger partial charge in [0.15, 0.2) is 0 Å². The Labute approximate surface area is 161 Å². The Morgan fingerprint density at radius 2 is 1.82 bits per heavy atom. The van der Waals surface area contributed by atoms with E-state index in [1.807, 2.05) is 0 Å². The van der Waals surface area contributed by atoms with Crippen LogP contribution in [0.4, 0.5) is 10.1 Å². The van der Waals surface area contributed by atoms with Crippen molar-refractivity contribution in [3.05, 3.63) is 65.6 Å². The van der Waals surface area contributed by atoms with Crippen molar-refractivity contribution in [3.63, 3.8) is 0 Å². The van der Waals surface area contributed by atoms with Gasteiger partial charge in [0, 0.05) is 23.2 Å². The summed E-state index contributed by atoms with van der Waals surface area (Å²) < 4.78 is 40.3. The van der Waals surface area contributed by atoms with Crippen molar-refractivity contribution in [2.45, 2.75) is 30.7 Å². The molecule has 0 saturated heterocycles. The molecular formula is C20H18FN3O3S. The number of rotatable bonds is 5. The van der Waals surface area contributed by atoms with Gasteiger partial charge in [-0.15, -0.1) is 0 Å². The number of aromatic nitrogens is 1. The Kier molecular flexibility index (Phi) is 4.60. The lowest BCUT2D eigenvalue weighted by Gasteiger charge is -2.10. The van der Waals surface area contributed by atoms with Crippen molar-refractivity contribution in [1.82, 2.24) is 9.71 Å². The highest BCUT2D eigenvalue weighted by molar-refractivity contribution is 7.89. The third-order valence-electron chi connectivity index (χ3n) is 4.54. The number of hydrogen-bond acceptors (Lipinski definition) is 4. The fraction of sp³-hybridized carbons (Fsp3) is 0.200. The maximum Gasteiger partial charge on any atom is 0.257 e. The molecule has 2 N–H and O–H groups in total. The van der Waals surface area contributed by atoms with E-state index in [9.17, 15) is 17.6 Å². The summed E-state index contributed by atoms with van der Waals surface area (Å²) in [6, 6.07) is 11.9. The number of halogens is 1. The van der Waals surface area contributed by atoms with E-state index in [0.717, 1.165) is 12.8 Å². The molecule has 144 valence electrons. The summed E-state index contributed by atoms with van der Waals surface area (Å²) in [6.45, 7) is 1.68. The average Bonchev–Trinajstić information content (AvgIpc) is 3.44. The molecule has 1 fully saturated rings. The zero-order chi connectivity index (χ0) is 19.9. The van der Waals surface area contributed by atoms with E-state index in [-0.39, 0.29) is 22.7 Å². The molecule has 0 spiro atoms. The second kappa shape index (κ2) is 6.96. The third-order valence-corrected chi connectivity index (χ3v) is 6.07. The third kappa shape index (κ3) is 3.88.